The zero-order valence-electron chi connectivity index (χ0n) is 43.7. The van der Waals surface area contributed by atoms with Gasteiger partial charge in [-0.05, 0) is 172 Å². The first kappa shape index (κ1) is 46.9. The van der Waals surface area contributed by atoms with Crippen molar-refractivity contribution < 1.29 is 0 Å². The molecule has 0 saturated carbocycles. The second-order valence-corrected chi connectivity index (χ2v) is 22.7. The van der Waals surface area contributed by atoms with Crippen LogP contribution >= 0.6 is 22.7 Å². The van der Waals surface area contributed by atoms with Crippen molar-refractivity contribution in [3.05, 3.63) is 286 Å². The maximum absolute atomic E-state index is 4.77. The lowest BCUT2D eigenvalue weighted by Gasteiger charge is -2.30. The number of aromatic nitrogens is 3. The largest absolute Gasteiger partial charge is 0.310 e. The molecule has 380 valence electrons. The Morgan fingerprint density at radius 1 is 0.321 bits per heavy atom. The third-order valence-electron chi connectivity index (χ3n) is 15.8. The number of rotatable bonds is 10. The van der Waals surface area contributed by atoms with Crippen LogP contribution < -0.4 is 9.80 Å². The summed E-state index contributed by atoms with van der Waals surface area (Å²) in [4.78, 5) is 15.2. The second kappa shape index (κ2) is 19.3. The molecular formula is C74H47N5S2. The van der Waals surface area contributed by atoms with Crippen molar-refractivity contribution in [3.63, 3.8) is 0 Å². The highest BCUT2D eigenvalue weighted by molar-refractivity contribution is 7.26. The second-order valence-electron chi connectivity index (χ2n) is 20.6. The van der Waals surface area contributed by atoms with E-state index in [9.17, 15) is 0 Å². The van der Waals surface area contributed by atoms with Crippen molar-refractivity contribution in [1.29, 1.82) is 0 Å². The van der Waals surface area contributed by atoms with E-state index in [2.05, 4.69) is 274 Å². The maximum atomic E-state index is 4.77. The van der Waals surface area contributed by atoms with Crippen LogP contribution in [0.25, 0.3) is 112 Å². The molecule has 7 heteroatoms. The molecule has 16 aromatic rings. The van der Waals surface area contributed by atoms with E-state index in [1.165, 1.54) is 68.3 Å². The van der Waals surface area contributed by atoms with Crippen LogP contribution in [0, 0.1) is 0 Å². The summed E-state index contributed by atoms with van der Waals surface area (Å²) in [5.41, 5.74) is 16.4. The van der Waals surface area contributed by atoms with E-state index in [0.29, 0.717) is 0 Å². The average Bonchev–Trinajstić information content (AvgIpc) is 4.35. The monoisotopic (exact) mass is 1070 g/mol. The van der Waals surface area contributed by atoms with Gasteiger partial charge in [0.25, 0.3) is 0 Å². The van der Waals surface area contributed by atoms with Gasteiger partial charge in [-0.1, -0.05) is 133 Å². The smallest absolute Gasteiger partial charge is 0.124 e. The minimum atomic E-state index is 1.02. The van der Waals surface area contributed by atoms with E-state index >= 15 is 0 Å². The average molecular weight is 1070 g/mol. The molecule has 5 nitrogen and oxygen atoms in total. The Hall–Kier alpha value is -10.2. The van der Waals surface area contributed by atoms with Crippen molar-refractivity contribution in [2.45, 2.75) is 0 Å². The summed E-state index contributed by atoms with van der Waals surface area (Å²) in [6, 6.07) is 97.9. The van der Waals surface area contributed by atoms with Crippen LogP contribution in [0.4, 0.5) is 34.1 Å². The number of anilines is 6. The number of hydrogen-bond acceptors (Lipinski definition) is 6. The van der Waals surface area contributed by atoms with Gasteiger partial charge in [0.1, 0.15) is 4.83 Å². The summed E-state index contributed by atoms with van der Waals surface area (Å²) in [5, 5.41) is 9.68. The van der Waals surface area contributed by atoms with Crippen LogP contribution in [0.1, 0.15) is 0 Å². The lowest BCUT2D eigenvalue weighted by molar-refractivity contribution is 1.19. The molecule has 5 aromatic heterocycles. The summed E-state index contributed by atoms with van der Waals surface area (Å²) in [5.74, 6) is 0. The molecular weight excluding hydrogens is 1020 g/mol. The third-order valence-corrected chi connectivity index (χ3v) is 18.1. The van der Waals surface area contributed by atoms with Gasteiger partial charge < -0.3 is 14.4 Å². The first-order chi connectivity index (χ1) is 40.1. The SMILES string of the molecule is c1ccc(-c2c3ccccc3cc3c2c2cc(-c4cc(N(c5ccccc5)c5ccccc5)cc(N(c5cccc(-c6cccnc6)c5)c5ccc6sc7ccccc7c6c5)c4)ccc2n3-c2ccc3sc4ncccc4c3c2)cc1. The fourth-order valence-corrected chi connectivity index (χ4v) is 14.3. The van der Waals surface area contributed by atoms with Crippen molar-refractivity contribution in [1.82, 2.24) is 14.5 Å². The lowest BCUT2D eigenvalue weighted by atomic mass is 9.92. The number of fused-ring (bicyclic) bond motifs is 10. The summed E-state index contributed by atoms with van der Waals surface area (Å²) >= 11 is 3.59. The summed E-state index contributed by atoms with van der Waals surface area (Å²) in [6.07, 6.45) is 5.67. The third kappa shape index (κ3) is 8.04. The number of hydrogen-bond donors (Lipinski definition) is 0. The Labute approximate surface area is 475 Å². The number of thiophene rings is 2. The van der Waals surface area contributed by atoms with E-state index in [0.717, 1.165) is 77.9 Å². The van der Waals surface area contributed by atoms with E-state index < -0.39 is 0 Å². The van der Waals surface area contributed by atoms with Gasteiger partial charge in [0.2, 0.25) is 0 Å². The summed E-state index contributed by atoms with van der Waals surface area (Å²) in [6.45, 7) is 0. The molecule has 81 heavy (non-hydrogen) atoms. The van der Waals surface area contributed by atoms with Crippen molar-refractivity contribution >= 4 is 130 Å². The molecule has 0 fully saturated rings. The molecule has 0 spiro atoms. The predicted molar refractivity (Wildman–Crippen MR) is 345 cm³/mol. The molecule has 0 N–H and O–H groups in total. The standard InChI is InChI=1S/C74H47N5S2/c1-4-17-48(18-5-1)72-61-27-11-10-19-51(61)43-68-73(72)66-42-50(31-34-67(66)79(68)58-33-36-71-65(46-58)63-29-16-38-76-74(63)81-71)53-40-59(77(54-22-6-2-7-23-54)55-24-8-3-9-25-55)44-60(41-53)78(56-26-14-20-49(39-56)52-21-15-37-75-47-52)57-32-35-70-64(45-57)62-28-12-13-30-69(62)80-70/h1-47H. The van der Waals surface area contributed by atoms with Crippen LogP contribution in [-0.4, -0.2) is 14.5 Å². The highest BCUT2D eigenvalue weighted by Gasteiger charge is 2.24. The van der Waals surface area contributed by atoms with Gasteiger partial charge in [0.15, 0.2) is 0 Å². The Morgan fingerprint density at radius 3 is 1.73 bits per heavy atom. The van der Waals surface area contributed by atoms with Gasteiger partial charge in [-0.15, -0.1) is 22.7 Å². The molecule has 11 aromatic carbocycles. The quantitative estimate of drug-likeness (QED) is 0.137. The molecule has 0 saturated heterocycles. The first-order valence-electron chi connectivity index (χ1n) is 27.3. The highest BCUT2D eigenvalue weighted by atomic mass is 32.1. The molecule has 0 radical (unpaired) electrons. The van der Waals surface area contributed by atoms with Gasteiger partial charge >= 0.3 is 0 Å². The normalized spacial score (nSPS) is 11.7. The molecule has 0 unspecified atom stereocenters. The number of para-hydroxylation sites is 2. The zero-order valence-corrected chi connectivity index (χ0v) is 45.3. The van der Waals surface area contributed by atoms with Crippen LogP contribution in [0.2, 0.25) is 0 Å². The molecule has 5 heterocycles. The van der Waals surface area contributed by atoms with Crippen molar-refractivity contribution in [2.24, 2.45) is 0 Å². The molecule has 16 rings (SSSR count). The Morgan fingerprint density at radius 2 is 0.926 bits per heavy atom. The van der Waals surface area contributed by atoms with Crippen LogP contribution in [0.5, 0.6) is 0 Å². The Kier molecular flexibility index (Phi) is 11.2. The van der Waals surface area contributed by atoms with E-state index in [1.807, 2.05) is 42.1 Å². The van der Waals surface area contributed by atoms with E-state index in [-0.39, 0.29) is 0 Å². The minimum Gasteiger partial charge on any atom is -0.310 e. The highest BCUT2D eigenvalue weighted by Crippen LogP contribution is 2.49. The van der Waals surface area contributed by atoms with Gasteiger partial charge in [-0.3, -0.25) is 4.98 Å². The molecule has 0 aliphatic rings. The van der Waals surface area contributed by atoms with Crippen molar-refractivity contribution in [3.8, 4) is 39.1 Å². The molecule has 0 bridgehead atoms. The molecule has 0 aliphatic heterocycles. The Balaban J connectivity index is 0.991. The van der Waals surface area contributed by atoms with Gasteiger partial charge in [0, 0.05) is 110 Å². The van der Waals surface area contributed by atoms with Crippen molar-refractivity contribution in [2.75, 3.05) is 9.80 Å². The summed E-state index contributed by atoms with van der Waals surface area (Å²) < 4.78 is 6.25. The molecule has 0 aliphatic carbocycles. The fourth-order valence-electron chi connectivity index (χ4n) is 12.2. The molecule has 0 atom stereocenters. The molecule has 0 amide bonds. The maximum Gasteiger partial charge on any atom is 0.124 e. The minimum absolute atomic E-state index is 1.02. The number of pyridine rings is 2. The lowest BCUT2D eigenvalue weighted by Crippen LogP contribution is -2.13. The van der Waals surface area contributed by atoms with E-state index in [1.54, 1.807) is 11.3 Å². The van der Waals surface area contributed by atoms with Gasteiger partial charge in [-0.2, -0.15) is 0 Å². The first-order valence-corrected chi connectivity index (χ1v) is 28.9. The summed E-state index contributed by atoms with van der Waals surface area (Å²) in [7, 11) is 0. The van der Waals surface area contributed by atoms with Crippen LogP contribution in [0.15, 0.2) is 286 Å². The van der Waals surface area contributed by atoms with Crippen LogP contribution in [-0.2, 0) is 0 Å². The number of nitrogens with zero attached hydrogens (tertiary/aromatic N) is 5. The van der Waals surface area contributed by atoms with E-state index in [4.69, 9.17) is 4.98 Å². The van der Waals surface area contributed by atoms with Gasteiger partial charge in [0.05, 0.1) is 11.0 Å². The Bertz CT molecular complexity index is 5030. The predicted octanol–water partition coefficient (Wildman–Crippen LogP) is 21.4. The zero-order chi connectivity index (χ0) is 53.4. The van der Waals surface area contributed by atoms with Crippen LogP contribution in [0.3, 0.4) is 0 Å². The van der Waals surface area contributed by atoms with Gasteiger partial charge in [-0.25, -0.2) is 4.98 Å². The topological polar surface area (TPSA) is 37.2 Å². The number of benzene rings is 11. The fraction of sp³-hybridized carbons (Fsp3) is 0.